The first-order valence-corrected chi connectivity index (χ1v) is 14.8. The van der Waals surface area contributed by atoms with Gasteiger partial charge >= 0.3 is 6.16 Å². The lowest BCUT2D eigenvalue weighted by Gasteiger charge is -2.34. The van der Waals surface area contributed by atoms with E-state index in [4.69, 9.17) is 4.74 Å². The lowest BCUT2D eigenvalue weighted by molar-refractivity contribution is -0.136. The number of rotatable bonds is 9. The average molecular weight is 611 g/mol. The second-order valence-corrected chi connectivity index (χ2v) is 12.4. The van der Waals surface area contributed by atoms with Crippen LogP contribution in [0.25, 0.3) is 31.9 Å². The molecule has 2 aromatic carbocycles. The zero-order valence-corrected chi connectivity index (χ0v) is 23.6. The summed E-state index contributed by atoms with van der Waals surface area (Å²) in [6.45, 7) is 0.696. The molecule has 202 valence electrons. The molecule has 0 atom stereocenters. The predicted octanol–water partition coefficient (Wildman–Crippen LogP) is 6.65. The van der Waals surface area contributed by atoms with Crippen molar-refractivity contribution in [2.75, 3.05) is 6.54 Å². The fourth-order valence-electron chi connectivity index (χ4n) is 5.54. The predicted molar refractivity (Wildman–Crippen MR) is 151 cm³/mol. The number of amides is 1. The molecule has 0 bridgehead atoms. The summed E-state index contributed by atoms with van der Waals surface area (Å²) in [6.07, 6.45) is 4.49. The van der Waals surface area contributed by atoms with Gasteiger partial charge in [0.1, 0.15) is 5.60 Å². The van der Waals surface area contributed by atoms with Crippen molar-refractivity contribution in [3.63, 3.8) is 0 Å². The van der Waals surface area contributed by atoms with Crippen molar-refractivity contribution in [3.05, 3.63) is 52.5 Å². The number of fused-ring (bicyclic) bond motifs is 1. The molecule has 2 N–H and O–H groups in total. The third-order valence-corrected chi connectivity index (χ3v) is 9.94. The highest BCUT2D eigenvalue weighted by Crippen LogP contribution is 2.45. The number of carbonyl (C=O) groups is 2. The summed E-state index contributed by atoms with van der Waals surface area (Å²) in [5.41, 5.74) is 2.09. The Morgan fingerprint density at radius 1 is 1.15 bits per heavy atom. The quantitative estimate of drug-likeness (QED) is 0.204. The van der Waals surface area contributed by atoms with Crippen LogP contribution in [0.5, 0.6) is 0 Å². The number of nitrogens with zero attached hydrogens (tertiary/aromatic N) is 4. The summed E-state index contributed by atoms with van der Waals surface area (Å²) in [4.78, 5) is 27.8. The number of hydrogen-bond donors (Lipinski definition) is 2. The molecule has 6 rings (SSSR count). The molecule has 0 radical (unpaired) electrons. The molecule has 0 saturated heterocycles. The van der Waals surface area contributed by atoms with Gasteiger partial charge in [-0.25, -0.2) is 9.89 Å². The van der Waals surface area contributed by atoms with Gasteiger partial charge in [-0.1, -0.05) is 30.3 Å². The summed E-state index contributed by atoms with van der Waals surface area (Å²) in [5.74, 6) is 1.11. The molecule has 0 spiro atoms. The van der Waals surface area contributed by atoms with Gasteiger partial charge in [-0.15, -0.1) is 16.4 Å². The molecular formula is C28H28BrN5O4S. The molecule has 9 nitrogen and oxygen atoms in total. The standard InChI is InChI=1S/C28H28BrN5O4S/c29-24-21-13-18(9-10-22(21)39-25(24)19-5-1-2-6-20(19)26-30-32-33-31-26)15-34(23(35)14-17-7-8-17)16-28(38-27(36)37)11-3-4-12-28/h1-2,5-6,9-10,13,17H,3-4,7-8,11-12,14-16H2,(H,36,37)(H,30,31,32,33). The number of aromatic amines is 1. The number of aromatic nitrogens is 4. The number of tetrazole rings is 1. The van der Waals surface area contributed by atoms with Crippen molar-refractivity contribution in [3.8, 4) is 21.8 Å². The van der Waals surface area contributed by atoms with Crippen LogP contribution in [-0.2, 0) is 16.1 Å². The van der Waals surface area contributed by atoms with Gasteiger partial charge in [0.2, 0.25) is 5.91 Å². The number of carboxylic acid groups (broad SMARTS) is 1. The fourth-order valence-corrected chi connectivity index (χ4v) is 7.57. The van der Waals surface area contributed by atoms with Crippen LogP contribution in [0.4, 0.5) is 4.79 Å². The zero-order valence-electron chi connectivity index (χ0n) is 21.2. The molecule has 1 amide bonds. The van der Waals surface area contributed by atoms with Crippen LogP contribution < -0.4 is 0 Å². The number of carbonyl (C=O) groups excluding carboxylic acids is 1. The number of ether oxygens (including phenoxy) is 1. The Kier molecular flexibility index (Phi) is 7.11. The van der Waals surface area contributed by atoms with Crippen molar-refractivity contribution >= 4 is 49.4 Å². The van der Waals surface area contributed by atoms with Crippen LogP contribution in [0, 0.1) is 5.92 Å². The number of benzene rings is 2. The monoisotopic (exact) mass is 609 g/mol. The third-order valence-electron chi connectivity index (χ3n) is 7.65. The Labute approximate surface area is 237 Å². The number of nitrogens with one attached hydrogen (secondary N) is 1. The van der Waals surface area contributed by atoms with Gasteiger partial charge in [0.25, 0.3) is 0 Å². The SMILES string of the molecule is O=C(O)OC1(CN(Cc2ccc3sc(-c4ccccc4-c4nnn[nH]4)c(Br)c3c2)C(=O)CC2CC2)CCCC1. The van der Waals surface area contributed by atoms with Crippen LogP contribution >= 0.6 is 27.3 Å². The molecule has 2 heterocycles. The van der Waals surface area contributed by atoms with E-state index in [0.29, 0.717) is 37.5 Å². The number of thiophene rings is 1. The Hall–Kier alpha value is -3.31. The second kappa shape index (κ2) is 10.7. The van der Waals surface area contributed by atoms with Gasteiger partial charge in [0, 0.05) is 38.7 Å². The summed E-state index contributed by atoms with van der Waals surface area (Å²) in [6, 6.07) is 14.3. The summed E-state index contributed by atoms with van der Waals surface area (Å²) in [5, 5.41) is 24.9. The summed E-state index contributed by atoms with van der Waals surface area (Å²) >= 11 is 5.52. The van der Waals surface area contributed by atoms with Crippen molar-refractivity contribution in [2.45, 2.75) is 57.1 Å². The normalized spacial score (nSPS) is 16.4. The first kappa shape index (κ1) is 25.9. The van der Waals surface area contributed by atoms with Crippen molar-refractivity contribution in [1.29, 1.82) is 0 Å². The second-order valence-electron chi connectivity index (χ2n) is 10.5. The lowest BCUT2D eigenvalue weighted by atomic mass is 10.00. The van der Waals surface area contributed by atoms with E-state index in [9.17, 15) is 14.7 Å². The van der Waals surface area contributed by atoms with E-state index in [1.165, 1.54) is 0 Å². The largest absolute Gasteiger partial charge is 0.506 e. The average Bonchev–Trinajstić information content (AvgIpc) is 3.28. The van der Waals surface area contributed by atoms with Gasteiger partial charge in [0.15, 0.2) is 5.82 Å². The van der Waals surface area contributed by atoms with E-state index < -0.39 is 11.8 Å². The molecule has 39 heavy (non-hydrogen) atoms. The Morgan fingerprint density at radius 2 is 1.92 bits per heavy atom. The Balaban J connectivity index is 1.31. The minimum atomic E-state index is -1.27. The van der Waals surface area contributed by atoms with Crippen molar-refractivity contribution < 1.29 is 19.4 Å². The molecule has 2 aliphatic carbocycles. The van der Waals surface area contributed by atoms with E-state index in [0.717, 1.165) is 61.8 Å². The fraction of sp³-hybridized carbons (Fsp3) is 0.393. The zero-order chi connectivity index (χ0) is 27.0. The first-order chi connectivity index (χ1) is 18.9. The maximum atomic E-state index is 13.4. The van der Waals surface area contributed by atoms with E-state index in [1.54, 1.807) is 11.3 Å². The maximum Gasteiger partial charge on any atom is 0.506 e. The van der Waals surface area contributed by atoms with E-state index in [1.807, 2.05) is 23.1 Å². The van der Waals surface area contributed by atoms with Crippen LogP contribution in [0.2, 0.25) is 0 Å². The van der Waals surface area contributed by atoms with E-state index in [2.05, 4.69) is 60.8 Å². The summed E-state index contributed by atoms with van der Waals surface area (Å²) in [7, 11) is 0. The molecular weight excluding hydrogens is 582 g/mol. The molecule has 2 aliphatic rings. The summed E-state index contributed by atoms with van der Waals surface area (Å²) < 4.78 is 7.51. The van der Waals surface area contributed by atoms with Crippen LogP contribution in [0.15, 0.2) is 46.9 Å². The van der Waals surface area contributed by atoms with Gasteiger partial charge < -0.3 is 14.7 Å². The van der Waals surface area contributed by atoms with E-state index >= 15 is 0 Å². The highest BCUT2D eigenvalue weighted by Gasteiger charge is 2.41. The number of H-pyrrole nitrogens is 1. The first-order valence-electron chi connectivity index (χ1n) is 13.1. The molecule has 2 aromatic heterocycles. The van der Waals surface area contributed by atoms with Gasteiger partial charge in [-0.05, 0) is 88.5 Å². The molecule has 11 heteroatoms. The van der Waals surface area contributed by atoms with Crippen LogP contribution in [-0.4, -0.2) is 54.8 Å². The van der Waals surface area contributed by atoms with E-state index in [-0.39, 0.29) is 12.5 Å². The molecule has 0 aliphatic heterocycles. The smallest absolute Gasteiger partial charge is 0.450 e. The van der Waals surface area contributed by atoms with Gasteiger partial charge in [-0.2, -0.15) is 0 Å². The Morgan fingerprint density at radius 3 is 2.62 bits per heavy atom. The highest BCUT2D eigenvalue weighted by molar-refractivity contribution is 9.10. The van der Waals surface area contributed by atoms with Crippen LogP contribution in [0.3, 0.4) is 0 Å². The van der Waals surface area contributed by atoms with Gasteiger partial charge in [-0.3, -0.25) is 4.79 Å². The Bertz CT molecular complexity index is 1510. The molecule has 0 unspecified atom stereocenters. The number of halogens is 1. The number of hydrogen-bond acceptors (Lipinski definition) is 7. The van der Waals surface area contributed by atoms with Crippen molar-refractivity contribution in [1.82, 2.24) is 25.5 Å². The highest BCUT2D eigenvalue weighted by atomic mass is 79.9. The third kappa shape index (κ3) is 5.56. The van der Waals surface area contributed by atoms with Gasteiger partial charge in [0.05, 0.1) is 11.4 Å². The molecule has 4 aromatic rings. The lowest BCUT2D eigenvalue weighted by Crippen LogP contribution is -2.46. The molecule has 2 fully saturated rings. The van der Waals surface area contributed by atoms with Crippen molar-refractivity contribution in [2.24, 2.45) is 5.92 Å². The topological polar surface area (TPSA) is 121 Å². The minimum absolute atomic E-state index is 0.0672. The minimum Gasteiger partial charge on any atom is -0.450 e. The van der Waals surface area contributed by atoms with Crippen LogP contribution in [0.1, 0.15) is 50.5 Å². The maximum absolute atomic E-state index is 13.4. The molecule has 2 saturated carbocycles.